The minimum Gasteiger partial charge on any atom is -0.495 e. The standard InChI is InChI=1S/C18H23N5O2/c1-13-4-5-16(25-3)14(10-13)21-17-12-19-15(11-20-17)18(24)23-8-6-22(2)7-9-23/h4-5,10-12H,6-9H2,1-3H3,(H,20,21). The molecule has 0 saturated carbocycles. The molecule has 2 heterocycles. The molecule has 25 heavy (non-hydrogen) atoms. The van der Waals surface area contributed by atoms with E-state index in [2.05, 4.69) is 27.2 Å². The zero-order valence-electron chi connectivity index (χ0n) is 14.8. The van der Waals surface area contributed by atoms with Crippen molar-refractivity contribution < 1.29 is 9.53 Å². The summed E-state index contributed by atoms with van der Waals surface area (Å²) in [6.07, 6.45) is 3.09. The Balaban J connectivity index is 1.70. The number of aryl methyl sites for hydroxylation is 1. The van der Waals surface area contributed by atoms with E-state index < -0.39 is 0 Å². The van der Waals surface area contributed by atoms with Crippen molar-refractivity contribution >= 4 is 17.4 Å². The van der Waals surface area contributed by atoms with Gasteiger partial charge in [-0.05, 0) is 31.7 Å². The number of hydrogen-bond acceptors (Lipinski definition) is 6. The average Bonchev–Trinajstić information content (AvgIpc) is 2.63. The number of nitrogens with zero attached hydrogens (tertiary/aromatic N) is 4. The Morgan fingerprint density at radius 3 is 2.56 bits per heavy atom. The summed E-state index contributed by atoms with van der Waals surface area (Å²) in [6.45, 7) is 5.21. The van der Waals surface area contributed by atoms with Crippen LogP contribution in [0.2, 0.25) is 0 Å². The van der Waals surface area contributed by atoms with Crippen LogP contribution in [0.4, 0.5) is 11.5 Å². The number of ether oxygens (including phenoxy) is 1. The molecule has 1 amide bonds. The lowest BCUT2D eigenvalue weighted by Crippen LogP contribution is -2.47. The molecule has 7 heteroatoms. The second-order valence-electron chi connectivity index (χ2n) is 6.21. The molecule has 0 bridgehead atoms. The van der Waals surface area contributed by atoms with Gasteiger partial charge in [-0.3, -0.25) is 4.79 Å². The Bertz CT molecular complexity index is 740. The van der Waals surface area contributed by atoms with E-state index >= 15 is 0 Å². The quantitative estimate of drug-likeness (QED) is 0.916. The minimum absolute atomic E-state index is 0.0692. The molecule has 1 aliphatic heterocycles. The number of amides is 1. The number of rotatable bonds is 4. The summed E-state index contributed by atoms with van der Waals surface area (Å²) in [7, 11) is 3.68. The summed E-state index contributed by atoms with van der Waals surface area (Å²) in [5.41, 5.74) is 2.29. The molecule has 0 atom stereocenters. The third kappa shape index (κ3) is 4.06. The SMILES string of the molecule is COc1ccc(C)cc1Nc1cnc(C(=O)N2CCN(C)CC2)cn1. The van der Waals surface area contributed by atoms with Crippen LogP contribution in [0.3, 0.4) is 0 Å². The van der Waals surface area contributed by atoms with Gasteiger partial charge in [0.15, 0.2) is 0 Å². The van der Waals surface area contributed by atoms with Crippen molar-refractivity contribution in [3.8, 4) is 5.75 Å². The largest absolute Gasteiger partial charge is 0.495 e. The topological polar surface area (TPSA) is 70.6 Å². The summed E-state index contributed by atoms with van der Waals surface area (Å²) >= 11 is 0. The van der Waals surface area contributed by atoms with Crippen LogP contribution in [0, 0.1) is 6.92 Å². The van der Waals surface area contributed by atoms with Gasteiger partial charge in [-0.2, -0.15) is 0 Å². The number of likely N-dealkylation sites (N-methyl/N-ethyl adjacent to an activating group) is 1. The molecule has 1 fully saturated rings. The van der Waals surface area contributed by atoms with Crippen LogP contribution in [0.1, 0.15) is 16.1 Å². The van der Waals surface area contributed by atoms with Gasteiger partial charge in [-0.25, -0.2) is 9.97 Å². The molecule has 132 valence electrons. The molecule has 7 nitrogen and oxygen atoms in total. The molecule has 1 N–H and O–H groups in total. The van der Waals surface area contributed by atoms with Crippen LogP contribution in [-0.2, 0) is 0 Å². The van der Waals surface area contributed by atoms with Crippen molar-refractivity contribution in [2.45, 2.75) is 6.92 Å². The molecule has 0 unspecified atom stereocenters. The fourth-order valence-corrected chi connectivity index (χ4v) is 2.73. The second kappa shape index (κ2) is 7.48. The number of nitrogens with one attached hydrogen (secondary N) is 1. The molecule has 1 aromatic carbocycles. The molecule has 0 spiro atoms. The molecule has 3 rings (SSSR count). The monoisotopic (exact) mass is 341 g/mol. The molecular formula is C18H23N5O2. The van der Waals surface area contributed by atoms with Gasteiger partial charge in [-0.1, -0.05) is 6.07 Å². The lowest BCUT2D eigenvalue weighted by Gasteiger charge is -2.32. The van der Waals surface area contributed by atoms with Gasteiger partial charge in [0.2, 0.25) is 0 Å². The van der Waals surface area contributed by atoms with Crippen LogP contribution in [-0.4, -0.2) is 66.0 Å². The van der Waals surface area contributed by atoms with Crippen molar-refractivity contribution in [1.29, 1.82) is 0 Å². The Hall–Kier alpha value is -2.67. The smallest absolute Gasteiger partial charge is 0.274 e. The first-order valence-corrected chi connectivity index (χ1v) is 8.28. The van der Waals surface area contributed by atoms with E-state index in [1.165, 1.54) is 6.20 Å². The number of benzene rings is 1. The van der Waals surface area contributed by atoms with E-state index in [1.807, 2.05) is 30.0 Å². The van der Waals surface area contributed by atoms with Gasteiger partial charge < -0.3 is 19.9 Å². The summed E-state index contributed by atoms with van der Waals surface area (Å²) in [5, 5.41) is 3.19. The highest BCUT2D eigenvalue weighted by Crippen LogP contribution is 2.27. The average molecular weight is 341 g/mol. The van der Waals surface area contributed by atoms with Gasteiger partial charge in [0.1, 0.15) is 17.3 Å². The van der Waals surface area contributed by atoms with E-state index in [1.54, 1.807) is 13.3 Å². The molecule has 0 radical (unpaired) electrons. The predicted octanol–water partition coefficient (Wildman–Crippen LogP) is 1.92. The third-order valence-electron chi connectivity index (χ3n) is 4.28. The zero-order valence-corrected chi connectivity index (χ0v) is 14.8. The van der Waals surface area contributed by atoms with Crippen LogP contribution in [0.25, 0.3) is 0 Å². The number of piperazine rings is 1. The maximum Gasteiger partial charge on any atom is 0.274 e. The molecule has 1 aliphatic rings. The predicted molar refractivity (Wildman–Crippen MR) is 96.4 cm³/mol. The zero-order chi connectivity index (χ0) is 17.8. The number of carbonyl (C=O) groups excluding carboxylic acids is 1. The van der Waals surface area contributed by atoms with Gasteiger partial charge in [-0.15, -0.1) is 0 Å². The van der Waals surface area contributed by atoms with E-state index in [4.69, 9.17) is 4.74 Å². The van der Waals surface area contributed by atoms with Crippen LogP contribution < -0.4 is 10.1 Å². The van der Waals surface area contributed by atoms with Gasteiger partial charge >= 0.3 is 0 Å². The molecule has 1 saturated heterocycles. The number of anilines is 2. The molecule has 1 aromatic heterocycles. The highest BCUT2D eigenvalue weighted by Gasteiger charge is 2.21. The summed E-state index contributed by atoms with van der Waals surface area (Å²) in [6, 6.07) is 5.85. The first-order valence-electron chi connectivity index (χ1n) is 8.28. The highest BCUT2D eigenvalue weighted by molar-refractivity contribution is 5.92. The maximum atomic E-state index is 12.5. The van der Waals surface area contributed by atoms with E-state index in [9.17, 15) is 4.79 Å². The minimum atomic E-state index is -0.0692. The normalized spacial score (nSPS) is 15.1. The fourth-order valence-electron chi connectivity index (χ4n) is 2.73. The lowest BCUT2D eigenvalue weighted by atomic mass is 10.2. The summed E-state index contributed by atoms with van der Waals surface area (Å²) in [5.74, 6) is 1.23. The molecular weight excluding hydrogens is 318 g/mol. The van der Waals surface area contributed by atoms with E-state index in [0.29, 0.717) is 11.5 Å². The Labute approximate surface area is 147 Å². The van der Waals surface area contributed by atoms with Crippen LogP contribution >= 0.6 is 0 Å². The number of carbonyl (C=O) groups is 1. The van der Waals surface area contributed by atoms with Gasteiger partial charge in [0.05, 0.1) is 25.2 Å². The number of methoxy groups -OCH3 is 1. The lowest BCUT2D eigenvalue weighted by molar-refractivity contribution is 0.0658. The summed E-state index contributed by atoms with van der Waals surface area (Å²) in [4.78, 5) is 25.1. The highest BCUT2D eigenvalue weighted by atomic mass is 16.5. The van der Waals surface area contributed by atoms with E-state index in [0.717, 1.165) is 43.2 Å². The van der Waals surface area contributed by atoms with E-state index in [-0.39, 0.29) is 5.91 Å². The fraction of sp³-hybridized carbons (Fsp3) is 0.389. The van der Waals surface area contributed by atoms with Gasteiger partial charge in [0, 0.05) is 26.2 Å². The first-order chi connectivity index (χ1) is 12.1. The van der Waals surface area contributed by atoms with Gasteiger partial charge in [0.25, 0.3) is 5.91 Å². The third-order valence-corrected chi connectivity index (χ3v) is 4.28. The Morgan fingerprint density at radius 1 is 1.16 bits per heavy atom. The maximum absolute atomic E-state index is 12.5. The van der Waals surface area contributed by atoms with Crippen molar-refractivity contribution in [1.82, 2.24) is 19.8 Å². The first kappa shape index (κ1) is 17.2. The number of aromatic nitrogens is 2. The number of hydrogen-bond donors (Lipinski definition) is 1. The van der Waals surface area contributed by atoms with Crippen molar-refractivity contribution in [3.05, 3.63) is 41.9 Å². The second-order valence-corrected chi connectivity index (χ2v) is 6.21. The molecule has 2 aromatic rings. The Kier molecular flexibility index (Phi) is 5.14. The summed E-state index contributed by atoms with van der Waals surface area (Å²) < 4.78 is 5.35. The van der Waals surface area contributed by atoms with Crippen molar-refractivity contribution in [2.24, 2.45) is 0 Å². The molecule has 0 aliphatic carbocycles. The van der Waals surface area contributed by atoms with Crippen LogP contribution in [0.5, 0.6) is 5.75 Å². The van der Waals surface area contributed by atoms with Crippen LogP contribution in [0.15, 0.2) is 30.6 Å². The Morgan fingerprint density at radius 2 is 1.92 bits per heavy atom. The van der Waals surface area contributed by atoms with Crippen molar-refractivity contribution in [2.75, 3.05) is 45.7 Å². The van der Waals surface area contributed by atoms with Crippen molar-refractivity contribution in [3.63, 3.8) is 0 Å².